The molecule has 28 heavy (non-hydrogen) atoms. The van der Waals surface area contributed by atoms with Gasteiger partial charge < -0.3 is 20.1 Å². The summed E-state index contributed by atoms with van der Waals surface area (Å²) in [6, 6.07) is 12.1. The van der Waals surface area contributed by atoms with E-state index in [0.29, 0.717) is 30.4 Å². The van der Waals surface area contributed by atoms with E-state index in [1.165, 1.54) is 6.07 Å². The van der Waals surface area contributed by atoms with Crippen LogP contribution in [0.3, 0.4) is 0 Å². The third-order valence-corrected chi connectivity index (χ3v) is 4.56. The molecule has 3 aromatic rings. The van der Waals surface area contributed by atoms with Gasteiger partial charge in [-0.3, -0.25) is 4.79 Å². The van der Waals surface area contributed by atoms with Gasteiger partial charge in [0.1, 0.15) is 5.82 Å². The Labute approximate surface area is 160 Å². The lowest BCUT2D eigenvalue weighted by Gasteiger charge is -2.26. The highest BCUT2D eigenvalue weighted by Gasteiger charge is 2.19. The Morgan fingerprint density at radius 3 is 2.54 bits per heavy atom. The second kappa shape index (κ2) is 7.61. The molecule has 2 N–H and O–H groups in total. The fourth-order valence-electron chi connectivity index (χ4n) is 3.19. The maximum atomic E-state index is 12.0. The number of carbonyl (C=O) groups is 2. The lowest BCUT2D eigenvalue weighted by molar-refractivity contribution is -0.131. The molecule has 0 atom stereocenters. The summed E-state index contributed by atoms with van der Waals surface area (Å²) in [6.07, 6.45) is 1.69. The minimum atomic E-state index is -1.48. The van der Waals surface area contributed by atoms with Crippen molar-refractivity contribution in [2.24, 2.45) is 0 Å². The van der Waals surface area contributed by atoms with Crippen LogP contribution in [0.25, 0.3) is 10.8 Å². The van der Waals surface area contributed by atoms with Crippen LogP contribution in [-0.4, -0.2) is 53.1 Å². The molecule has 4 rings (SSSR count). The number of ketones is 1. The number of fused-ring (bicyclic) bond motifs is 1. The van der Waals surface area contributed by atoms with Gasteiger partial charge in [0.25, 0.3) is 5.78 Å². The van der Waals surface area contributed by atoms with E-state index in [4.69, 9.17) is 9.84 Å². The van der Waals surface area contributed by atoms with Crippen molar-refractivity contribution < 1.29 is 19.4 Å². The van der Waals surface area contributed by atoms with Crippen molar-refractivity contribution >= 4 is 40.0 Å². The third-order valence-electron chi connectivity index (χ3n) is 4.56. The summed E-state index contributed by atoms with van der Waals surface area (Å²) in [4.78, 5) is 34.1. The monoisotopic (exact) mass is 378 g/mol. The number of carboxylic acids is 1. The molecule has 0 spiro atoms. The van der Waals surface area contributed by atoms with Crippen molar-refractivity contribution in [2.75, 3.05) is 36.5 Å². The van der Waals surface area contributed by atoms with E-state index >= 15 is 0 Å². The minimum absolute atomic E-state index is 0.158. The third kappa shape index (κ3) is 3.49. The summed E-state index contributed by atoms with van der Waals surface area (Å²) in [7, 11) is 0. The van der Waals surface area contributed by atoms with Crippen molar-refractivity contribution in [3.05, 3.63) is 54.2 Å². The first-order valence-electron chi connectivity index (χ1n) is 8.85. The van der Waals surface area contributed by atoms with E-state index in [2.05, 4.69) is 20.2 Å². The Morgan fingerprint density at radius 2 is 1.79 bits per heavy atom. The van der Waals surface area contributed by atoms with Crippen LogP contribution in [-0.2, 0) is 9.53 Å². The molecule has 2 aromatic carbocycles. The average Bonchev–Trinajstić information content (AvgIpc) is 2.74. The van der Waals surface area contributed by atoms with E-state index in [1.807, 2.05) is 12.1 Å². The molecular formula is C20H18N4O4. The smallest absolute Gasteiger partial charge is 0.377 e. The summed E-state index contributed by atoms with van der Waals surface area (Å²) in [5, 5.41) is 13.6. The van der Waals surface area contributed by atoms with Crippen LogP contribution in [0.4, 0.5) is 17.5 Å². The van der Waals surface area contributed by atoms with Gasteiger partial charge in [-0.2, -0.15) is 4.98 Å². The SMILES string of the molecule is O=C(O)C(=O)c1ccc(Nc2ccnc(N3CCOCC3)n2)c2ccccc12. The minimum Gasteiger partial charge on any atom is -0.475 e. The van der Waals surface area contributed by atoms with Gasteiger partial charge in [0.05, 0.1) is 13.2 Å². The second-order valence-corrected chi connectivity index (χ2v) is 6.31. The normalized spacial score (nSPS) is 14.1. The topological polar surface area (TPSA) is 105 Å². The molecule has 1 fully saturated rings. The lowest BCUT2D eigenvalue weighted by Crippen LogP contribution is -2.37. The van der Waals surface area contributed by atoms with Gasteiger partial charge in [0.15, 0.2) is 0 Å². The van der Waals surface area contributed by atoms with E-state index in [1.54, 1.807) is 30.5 Å². The first-order valence-corrected chi connectivity index (χ1v) is 8.85. The van der Waals surface area contributed by atoms with Crippen molar-refractivity contribution in [1.29, 1.82) is 0 Å². The molecular weight excluding hydrogens is 360 g/mol. The van der Waals surface area contributed by atoms with Crippen molar-refractivity contribution in [3.8, 4) is 0 Å². The van der Waals surface area contributed by atoms with Gasteiger partial charge >= 0.3 is 5.97 Å². The highest BCUT2D eigenvalue weighted by molar-refractivity contribution is 6.42. The van der Waals surface area contributed by atoms with E-state index in [0.717, 1.165) is 24.2 Å². The number of ether oxygens (including phenoxy) is 1. The first kappa shape index (κ1) is 17.9. The molecule has 0 saturated carbocycles. The van der Waals surface area contributed by atoms with Gasteiger partial charge in [0.2, 0.25) is 5.95 Å². The van der Waals surface area contributed by atoms with Gasteiger partial charge in [-0.15, -0.1) is 0 Å². The number of carbonyl (C=O) groups excluding carboxylic acids is 1. The Bertz CT molecular complexity index is 1050. The summed E-state index contributed by atoms with van der Waals surface area (Å²) in [6.45, 7) is 2.76. The predicted octanol–water partition coefficient (Wildman–Crippen LogP) is 2.48. The van der Waals surface area contributed by atoms with Crippen LogP contribution in [0, 0.1) is 0 Å². The molecule has 8 heteroatoms. The molecule has 0 unspecified atom stereocenters. The molecule has 8 nitrogen and oxygen atoms in total. The molecule has 0 aliphatic carbocycles. The number of hydrogen-bond acceptors (Lipinski definition) is 7. The number of aliphatic carboxylic acids is 1. The Balaban J connectivity index is 1.68. The van der Waals surface area contributed by atoms with Gasteiger partial charge in [-0.05, 0) is 23.6 Å². The van der Waals surface area contributed by atoms with E-state index < -0.39 is 11.8 Å². The number of nitrogens with zero attached hydrogens (tertiary/aromatic N) is 3. The second-order valence-electron chi connectivity index (χ2n) is 6.31. The van der Waals surface area contributed by atoms with Gasteiger partial charge in [-0.25, -0.2) is 9.78 Å². The Morgan fingerprint density at radius 1 is 1.04 bits per heavy atom. The molecule has 0 radical (unpaired) electrons. The van der Waals surface area contributed by atoms with Gasteiger partial charge in [0, 0.05) is 35.9 Å². The van der Waals surface area contributed by atoms with Crippen molar-refractivity contribution in [3.63, 3.8) is 0 Å². The number of hydrogen-bond donors (Lipinski definition) is 2. The van der Waals surface area contributed by atoms with Crippen LogP contribution < -0.4 is 10.2 Å². The zero-order valence-corrected chi connectivity index (χ0v) is 15.0. The average molecular weight is 378 g/mol. The number of rotatable bonds is 5. The lowest BCUT2D eigenvalue weighted by atomic mass is 10.00. The van der Waals surface area contributed by atoms with Gasteiger partial charge in [-0.1, -0.05) is 24.3 Å². The maximum Gasteiger partial charge on any atom is 0.377 e. The molecule has 2 heterocycles. The highest BCUT2D eigenvalue weighted by Crippen LogP contribution is 2.29. The van der Waals surface area contributed by atoms with E-state index in [9.17, 15) is 9.59 Å². The molecule has 1 saturated heterocycles. The van der Waals surface area contributed by atoms with Crippen LogP contribution in [0.15, 0.2) is 48.7 Å². The van der Waals surface area contributed by atoms with Crippen LogP contribution in [0.1, 0.15) is 10.4 Å². The number of morpholine rings is 1. The maximum absolute atomic E-state index is 12.0. The fourth-order valence-corrected chi connectivity index (χ4v) is 3.19. The Kier molecular flexibility index (Phi) is 4.86. The number of aromatic nitrogens is 2. The van der Waals surface area contributed by atoms with Crippen molar-refractivity contribution in [1.82, 2.24) is 9.97 Å². The zero-order chi connectivity index (χ0) is 19.5. The number of Topliss-reactive ketones (excluding diaryl/α,β-unsaturated/α-hetero) is 1. The van der Waals surface area contributed by atoms with Crippen LogP contribution >= 0.6 is 0 Å². The van der Waals surface area contributed by atoms with Crippen molar-refractivity contribution in [2.45, 2.75) is 0 Å². The quantitative estimate of drug-likeness (QED) is 0.515. The highest BCUT2D eigenvalue weighted by atomic mass is 16.5. The fraction of sp³-hybridized carbons (Fsp3) is 0.200. The number of benzene rings is 2. The largest absolute Gasteiger partial charge is 0.475 e. The predicted molar refractivity (Wildman–Crippen MR) is 104 cm³/mol. The summed E-state index contributed by atoms with van der Waals surface area (Å²) >= 11 is 0. The summed E-state index contributed by atoms with van der Waals surface area (Å²) < 4.78 is 5.36. The van der Waals surface area contributed by atoms with Crippen LogP contribution in [0.2, 0.25) is 0 Å². The number of carboxylic acid groups (broad SMARTS) is 1. The number of anilines is 3. The standard InChI is InChI=1S/C20H18N4O4/c25-18(19(26)27)15-5-6-16(14-4-2-1-3-13(14)15)22-17-7-8-21-20(23-17)24-9-11-28-12-10-24/h1-8H,9-12H2,(H,26,27)(H,21,22,23). The first-order chi connectivity index (χ1) is 13.6. The van der Waals surface area contributed by atoms with Crippen LogP contribution in [0.5, 0.6) is 0 Å². The molecule has 1 aliphatic rings. The Hall–Kier alpha value is -3.52. The molecule has 1 aliphatic heterocycles. The summed E-state index contributed by atoms with van der Waals surface area (Å²) in [5.41, 5.74) is 0.884. The van der Waals surface area contributed by atoms with E-state index in [-0.39, 0.29) is 5.56 Å². The molecule has 0 amide bonds. The zero-order valence-electron chi connectivity index (χ0n) is 15.0. The number of nitrogens with one attached hydrogen (secondary N) is 1. The summed E-state index contributed by atoms with van der Waals surface area (Å²) in [5.74, 6) is -1.18. The molecule has 142 valence electrons. The molecule has 1 aromatic heterocycles. The molecule has 0 bridgehead atoms.